The SMILES string of the molecule is CC(C)=CCCC(C)CCNC1=[N+]2CCc3cc(O)ccc3C2CCN1.[I-]. The zero-order chi connectivity index (χ0) is 18.5. The first kappa shape index (κ1) is 22.1. The number of guanidine groups is 1. The fraction of sp³-hybridized carbons (Fsp3) is 0.591. The van der Waals surface area contributed by atoms with E-state index in [2.05, 4.69) is 48.1 Å². The van der Waals surface area contributed by atoms with Crippen LogP contribution in [-0.2, 0) is 6.42 Å². The van der Waals surface area contributed by atoms with Gasteiger partial charge in [-0.2, -0.15) is 0 Å². The molecule has 0 bridgehead atoms. The Labute approximate surface area is 181 Å². The van der Waals surface area contributed by atoms with Crippen LogP contribution in [0.3, 0.4) is 0 Å². The highest BCUT2D eigenvalue weighted by Crippen LogP contribution is 2.32. The van der Waals surface area contributed by atoms with Gasteiger partial charge in [0, 0.05) is 12.8 Å². The number of allylic oxidation sites excluding steroid dienone is 2. The molecule has 5 heteroatoms. The summed E-state index contributed by atoms with van der Waals surface area (Å²) >= 11 is 0. The summed E-state index contributed by atoms with van der Waals surface area (Å²) in [5.74, 6) is 2.31. The molecule has 2 aliphatic rings. The van der Waals surface area contributed by atoms with Crippen LogP contribution < -0.4 is 34.6 Å². The largest absolute Gasteiger partial charge is 1.00 e. The minimum absolute atomic E-state index is 0. The highest BCUT2D eigenvalue weighted by molar-refractivity contribution is 5.75. The van der Waals surface area contributed by atoms with E-state index in [0.29, 0.717) is 11.8 Å². The maximum atomic E-state index is 9.75. The molecule has 0 aliphatic carbocycles. The number of hydrogen-bond donors (Lipinski definition) is 3. The van der Waals surface area contributed by atoms with Gasteiger partial charge in [-0.15, -0.1) is 0 Å². The Morgan fingerprint density at radius 2 is 2.19 bits per heavy atom. The normalized spacial score (nSPS) is 19.1. The zero-order valence-corrected chi connectivity index (χ0v) is 19.1. The molecule has 0 amide bonds. The van der Waals surface area contributed by atoms with Crippen molar-refractivity contribution < 1.29 is 33.7 Å². The third kappa shape index (κ3) is 5.87. The van der Waals surface area contributed by atoms with Crippen LogP contribution in [0.4, 0.5) is 0 Å². The second-order valence-corrected chi connectivity index (χ2v) is 8.09. The Bertz CT molecular complexity index is 695. The van der Waals surface area contributed by atoms with Crippen LogP contribution in [0.1, 0.15) is 63.6 Å². The number of nitrogens with zero attached hydrogens (tertiary/aromatic N) is 1. The fourth-order valence-corrected chi connectivity index (χ4v) is 4.11. The summed E-state index contributed by atoms with van der Waals surface area (Å²) in [6.07, 6.45) is 8.10. The summed E-state index contributed by atoms with van der Waals surface area (Å²) in [6, 6.07) is 6.30. The van der Waals surface area contributed by atoms with Crippen molar-refractivity contribution in [2.24, 2.45) is 5.92 Å². The van der Waals surface area contributed by atoms with E-state index in [-0.39, 0.29) is 24.0 Å². The van der Waals surface area contributed by atoms with Gasteiger partial charge in [-0.05, 0) is 62.3 Å². The van der Waals surface area contributed by atoms with Gasteiger partial charge >= 0.3 is 5.96 Å². The van der Waals surface area contributed by atoms with Crippen molar-refractivity contribution in [1.29, 1.82) is 0 Å². The van der Waals surface area contributed by atoms with E-state index in [1.54, 1.807) is 0 Å². The molecule has 4 nitrogen and oxygen atoms in total. The van der Waals surface area contributed by atoms with Gasteiger partial charge in [0.2, 0.25) is 0 Å². The van der Waals surface area contributed by atoms with Crippen molar-refractivity contribution in [3.8, 4) is 5.75 Å². The first-order valence-electron chi connectivity index (χ1n) is 10.1. The number of rotatable bonds is 6. The molecule has 2 heterocycles. The average Bonchev–Trinajstić information content (AvgIpc) is 2.61. The molecule has 0 fully saturated rings. The van der Waals surface area contributed by atoms with Gasteiger partial charge in [-0.25, -0.2) is 0 Å². The lowest BCUT2D eigenvalue weighted by Gasteiger charge is -2.32. The number of phenolic OH excluding ortho intramolecular Hbond substituents is 1. The number of aromatic hydroxyl groups is 1. The zero-order valence-electron chi connectivity index (χ0n) is 16.9. The Balaban J connectivity index is 0.00000261. The standard InChI is InChI=1S/C22H33N3O.HI/c1-16(2)5-4-6-17(3)9-12-23-22-24-13-10-21-20-8-7-19(26)15-18(20)11-14-25(21)22;/h5,7-8,15,17,21H,4,6,9-14H2,1-3H3,(H2,23,24,26);1H. The monoisotopic (exact) mass is 483 g/mol. The van der Waals surface area contributed by atoms with Crippen LogP contribution in [0, 0.1) is 5.92 Å². The number of halogens is 1. The van der Waals surface area contributed by atoms with Crippen molar-refractivity contribution in [1.82, 2.24) is 10.6 Å². The highest BCUT2D eigenvalue weighted by Gasteiger charge is 2.32. The number of hydrogen-bond acceptors (Lipinski definition) is 3. The first-order valence-corrected chi connectivity index (χ1v) is 10.1. The number of benzene rings is 1. The Morgan fingerprint density at radius 1 is 1.37 bits per heavy atom. The fourth-order valence-electron chi connectivity index (χ4n) is 4.11. The van der Waals surface area contributed by atoms with Gasteiger partial charge < -0.3 is 29.1 Å². The molecule has 2 aliphatic heterocycles. The highest BCUT2D eigenvalue weighted by atomic mass is 127. The molecule has 2 atom stereocenters. The summed E-state index contributed by atoms with van der Waals surface area (Å²) < 4.78 is 2.48. The maximum Gasteiger partial charge on any atom is 0.346 e. The molecule has 1 aromatic rings. The summed E-state index contributed by atoms with van der Waals surface area (Å²) in [5, 5.41) is 17.0. The topological polar surface area (TPSA) is 47.3 Å². The lowest BCUT2D eigenvalue weighted by atomic mass is 9.91. The van der Waals surface area contributed by atoms with E-state index < -0.39 is 0 Å². The number of nitrogens with one attached hydrogen (secondary N) is 2. The van der Waals surface area contributed by atoms with Crippen LogP contribution in [0.5, 0.6) is 5.75 Å². The average molecular weight is 483 g/mol. The van der Waals surface area contributed by atoms with E-state index in [1.165, 1.54) is 41.9 Å². The molecular weight excluding hydrogens is 449 g/mol. The van der Waals surface area contributed by atoms with Gasteiger partial charge in [-0.1, -0.05) is 24.6 Å². The third-order valence-corrected chi connectivity index (χ3v) is 5.62. The van der Waals surface area contributed by atoms with Crippen molar-refractivity contribution in [3.63, 3.8) is 0 Å². The number of fused-ring (bicyclic) bond motifs is 3. The van der Waals surface area contributed by atoms with Crippen LogP contribution in [-0.4, -0.2) is 35.3 Å². The first-order chi connectivity index (χ1) is 12.5. The van der Waals surface area contributed by atoms with E-state index in [4.69, 9.17) is 0 Å². The van der Waals surface area contributed by atoms with Crippen LogP contribution in [0.15, 0.2) is 29.8 Å². The summed E-state index contributed by atoms with van der Waals surface area (Å²) in [5.41, 5.74) is 4.10. The van der Waals surface area contributed by atoms with Crippen molar-refractivity contribution in [2.75, 3.05) is 19.6 Å². The predicted molar refractivity (Wildman–Crippen MR) is 108 cm³/mol. The molecule has 0 spiro atoms. The van der Waals surface area contributed by atoms with Gasteiger partial charge in [0.15, 0.2) is 0 Å². The lowest BCUT2D eigenvalue weighted by Crippen LogP contribution is -3.00. The molecule has 0 radical (unpaired) electrons. The summed E-state index contributed by atoms with van der Waals surface area (Å²) in [7, 11) is 0. The molecule has 0 aromatic heterocycles. The maximum absolute atomic E-state index is 9.75. The van der Waals surface area contributed by atoms with Crippen LogP contribution >= 0.6 is 0 Å². The molecule has 1 aromatic carbocycles. The second-order valence-electron chi connectivity index (χ2n) is 8.09. The molecule has 0 saturated carbocycles. The molecule has 2 unspecified atom stereocenters. The summed E-state index contributed by atoms with van der Waals surface area (Å²) in [6.45, 7) is 9.72. The molecule has 3 rings (SSSR count). The van der Waals surface area contributed by atoms with E-state index in [0.717, 1.165) is 38.4 Å². The van der Waals surface area contributed by atoms with Gasteiger partial charge in [0.05, 0.1) is 19.6 Å². The van der Waals surface area contributed by atoms with Crippen molar-refractivity contribution in [3.05, 3.63) is 41.0 Å². The van der Waals surface area contributed by atoms with E-state index >= 15 is 0 Å². The smallest absolute Gasteiger partial charge is 0.346 e. The quantitative estimate of drug-likeness (QED) is 0.318. The molecule has 150 valence electrons. The van der Waals surface area contributed by atoms with Crippen molar-refractivity contribution in [2.45, 2.75) is 58.9 Å². The van der Waals surface area contributed by atoms with Crippen LogP contribution in [0.25, 0.3) is 0 Å². The number of phenols is 1. The predicted octanol–water partition coefficient (Wildman–Crippen LogP) is 0.717. The van der Waals surface area contributed by atoms with Crippen LogP contribution in [0.2, 0.25) is 0 Å². The lowest BCUT2D eigenvalue weighted by molar-refractivity contribution is -0.584. The van der Waals surface area contributed by atoms with Gasteiger partial charge in [0.25, 0.3) is 0 Å². The molecule has 3 N–H and O–H groups in total. The Kier molecular flexibility index (Phi) is 8.45. The minimum atomic E-state index is 0. The van der Waals surface area contributed by atoms with Crippen molar-refractivity contribution >= 4 is 5.96 Å². The molecular formula is C22H34IN3O. The molecule has 0 saturated heterocycles. The Morgan fingerprint density at radius 3 is 2.96 bits per heavy atom. The Hall–Kier alpha value is -1.24. The summed E-state index contributed by atoms with van der Waals surface area (Å²) in [4.78, 5) is 0. The third-order valence-electron chi connectivity index (χ3n) is 5.62. The van der Waals surface area contributed by atoms with Gasteiger partial charge in [-0.3, -0.25) is 15.2 Å². The minimum Gasteiger partial charge on any atom is -1.00 e. The molecule has 27 heavy (non-hydrogen) atoms. The van der Waals surface area contributed by atoms with E-state index in [9.17, 15) is 5.11 Å². The van der Waals surface area contributed by atoms with E-state index in [1.807, 2.05) is 12.1 Å². The van der Waals surface area contributed by atoms with Gasteiger partial charge in [0.1, 0.15) is 11.8 Å². The second kappa shape index (κ2) is 10.3.